The maximum Gasteiger partial charge on any atom is 0.225 e. The average molecular weight is 324 g/mol. The zero-order valence-corrected chi connectivity index (χ0v) is 14.6. The first kappa shape index (κ1) is 16.7. The summed E-state index contributed by atoms with van der Waals surface area (Å²) in [6.07, 6.45) is 8.83. The number of hydrogen-bond donors (Lipinski definition) is 2. The molecular formula is C20H28N4. The Morgan fingerprint density at radius 3 is 2.46 bits per heavy atom. The molecular weight excluding hydrogens is 296 g/mol. The lowest BCUT2D eigenvalue weighted by molar-refractivity contribution is 0.615. The Kier molecular flexibility index (Phi) is 6.05. The summed E-state index contributed by atoms with van der Waals surface area (Å²) in [4.78, 5) is 9.46. The van der Waals surface area contributed by atoms with E-state index in [1.807, 2.05) is 12.1 Å². The molecule has 2 N–H and O–H groups in total. The fourth-order valence-corrected chi connectivity index (χ4v) is 3.22. The summed E-state index contributed by atoms with van der Waals surface area (Å²) >= 11 is 0. The Balaban J connectivity index is 1.83. The van der Waals surface area contributed by atoms with E-state index >= 15 is 0 Å². The van der Waals surface area contributed by atoms with E-state index < -0.39 is 0 Å². The molecule has 4 heteroatoms. The highest BCUT2D eigenvalue weighted by molar-refractivity contribution is 5.64. The number of nitrogens with one attached hydrogen (secondary N) is 2. The van der Waals surface area contributed by atoms with E-state index in [2.05, 4.69) is 46.8 Å². The van der Waals surface area contributed by atoms with Crippen molar-refractivity contribution in [1.29, 1.82) is 0 Å². The molecule has 0 atom stereocenters. The van der Waals surface area contributed by atoms with Crippen molar-refractivity contribution in [2.24, 2.45) is 0 Å². The fourth-order valence-electron chi connectivity index (χ4n) is 3.22. The first-order valence-corrected chi connectivity index (χ1v) is 9.30. The number of rotatable bonds is 6. The van der Waals surface area contributed by atoms with Crippen molar-refractivity contribution in [1.82, 2.24) is 9.97 Å². The third kappa shape index (κ3) is 4.70. The summed E-state index contributed by atoms with van der Waals surface area (Å²) in [5.74, 6) is 1.66. The second kappa shape index (κ2) is 8.67. The maximum absolute atomic E-state index is 4.77. The second-order valence-electron chi connectivity index (χ2n) is 6.59. The number of hydrogen-bond acceptors (Lipinski definition) is 4. The van der Waals surface area contributed by atoms with Crippen molar-refractivity contribution in [3.05, 3.63) is 36.4 Å². The number of nitrogens with zero attached hydrogens (tertiary/aromatic N) is 2. The highest BCUT2D eigenvalue weighted by atomic mass is 15.2. The lowest BCUT2D eigenvalue weighted by Crippen LogP contribution is -2.20. The summed E-state index contributed by atoms with van der Waals surface area (Å²) < 4.78 is 0. The number of anilines is 2. The van der Waals surface area contributed by atoms with Crippen LogP contribution in [0.2, 0.25) is 0 Å². The van der Waals surface area contributed by atoms with Crippen LogP contribution in [0.4, 0.5) is 11.8 Å². The quantitative estimate of drug-likeness (QED) is 0.726. The molecule has 128 valence electrons. The molecule has 0 unspecified atom stereocenters. The average Bonchev–Trinajstić information content (AvgIpc) is 2.89. The van der Waals surface area contributed by atoms with Gasteiger partial charge in [0.2, 0.25) is 5.95 Å². The minimum atomic E-state index is 0.498. The van der Waals surface area contributed by atoms with Gasteiger partial charge < -0.3 is 10.6 Å². The minimum Gasteiger partial charge on any atom is -0.370 e. The third-order valence-corrected chi connectivity index (χ3v) is 4.54. The molecule has 2 aromatic rings. The van der Waals surface area contributed by atoms with E-state index in [1.54, 1.807) is 0 Å². The van der Waals surface area contributed by atoms with Gasteiger partial charge in [-0.3, -0.25) is 0 Å². The molecule has 3 rings (SSSR count). The molecule has 1 aliphatic carbocycles. The van der Waals surface area contributed by atoms with Crippen LogP contribution in [0, 0.1) is 0 Å². The van der Waals surface area contributed by atoms with E-state index in [0.717, 1.165) is 36.0 Å². The third-order valence-electron chi connectivity index (χ3n) is 4.54. The molecule has 1 aliphatic rings. The zero-order valence-electron chi connectivity index (χ0n) is 14.6. The second-order valence-corrected chi connectivity index (χ2v) is 6.59. The van der Waals surface area contributed by atoms with Crippen molar-refractivity contribution in [2.75, 3.05) is 17.2 Å². The highest BCUT2D eigenvalue weighted by Gasteiger charge is 2.14. The van der Waals surface area contributed by atoms with Gasteiger partial charge in [-0.15, -0.1) is 0 Å². The predicted octanol–water partition coefficient (Wildman–Crippen LogP) is 5.10. The molecule has 0 bridgehead atoms. The molecule has 0 aliphatic heterocycles. The predicted molar refractivity (Wildman–Crippen MR) is 101 cm³/mol. The van der Waals surface area contributed by atoms with Crippen LogP contribution in [0.3, 0.4) is 0 Å². The zero-order chi connectivity index (χ0) is 16.6. The van der Waals surface area contributed by atoms with Gasteiger partial charge in [0, 0.05) is 24.2 Å². The van der Waals surface area contributed by atoms with E-state index in [1.165, 1.54) is 38.5 Å². The Morgan fingerprint density at radius 1 is 1.00 bits per heavy atom. The van der Waals surface area contributed by atoms with Crippen LogP contribution in [0.5, 0.6) is 0 Å². The van der Waals surface area contributed by atoms with Crippen molar-refractivity contribution in [2.45, 2.75) is 57.9 Å². The molecule has 1 aromatic carbocycles. The van der Waals surface area contributed by atoms with E-state index in [-0.39, 0.29) is 0 Å². The first-order chi connectivity index (χ1) is 11.8. The maximum atomic E-state index is 4.77. The topological polar surface area (TPSA) is 49.8 Å². The van der Waals surface area contributed by atoms with Crippen LogP contribution in [-0.2, 0) is 0 Å². The van der Waals surface area contributed by atoms with Crippen LogP contribution in [0.25, 0.3) is 11.3 Å². The molecule has 0 saturated heterocycles. The highest BCUT2D eigenvalue weighted by Crippen LogP contribution is 2.24. The van der Waals surface area contributed by atoms with Gasteiger partial charge in [0.25, 0.3) is 0 Å². The largest absolute Gasteiger partial charge is 0.370 e. The molecule has 4 nitrogen and oxygen atoms in total. The van der Waals surface area contributed by atoms with Gasteiger partial charge in [-0.1, -0.05) is 62.9 Å². The van der Waals surface area contributed by atoms with E-state index in [0.29, 0.717) is 6.04 Å². The minimum absolute atomic E-state index is 0.498. The molecule has 1 heterocycles. The van der Waals surface area contributed by atoms with Gasteiger partial charge in [0.15, 0.2) is 0 Å². The lowest BCUT2D eigenvalue weighted by Gasteiger charge is -2.17. The summed E-state index contributed by atoms with van der Waals surface area (Å²) in [6, 6.07) is 12.9. The van der Waals surface area contributed by atoms with Crippen LogP contribution in [0.15, 0.2) is 36.4 Å². The van der Waals surface area contributed by atoms with Gasteiger partial charge >= 0.3 is 0 Å². The molecule has 1 fully saturated rings. The van der Waals surface area contributed by atoms with Crippen molar-refractivity contribution >= 4 is 11.8 Å². The Hall–Kier alpha value is -2.10. The Morgan fingerprint density at radius 2 is 1.75 bits per heavy atom. The monoisotopic (exact) mass is 324 g/mol. The lowest BCUT2D eigenvalue weighted by atomic mass is 10.1. The Bertz CT molecular complexity index is 619. The van der Waals surface area contributed by atoms with E-state index in [9.17, 15) is 0 Å². The van der Waals surface area contributed by atoms with Crippen LogP contribution in [-0.4, -0.2) is 22.6 Å². The van der Waals surface area contributed by atoms with Crippen molar-refractivity contribution < 1.29 is 0 Å². The van der Waals surface area contributed by atoms with Crippen molar-refractivity contribution in [3.8, 4) is 11.3 Å². The Labute approximate surface area is 145 Å². The normalized spacial score (nSPS) is 15.7. The SMILES string of the molecule is CCCNc1cc(-c2ccccc2)nc(NC2CCCCCC2)n1. The molecule has 24 heavy (non-hydrogen) atoms. The van der Waals surface area contributed by atoms with Crippen LogP contribution < -0.4 is 10.6 Å². The van der Waals surface area contributed by atoms with Crippen LogP contribution >= 0.6 is 0 Å². The summed E-state index contributed by atoms with van der Waals surface area (Å²) in [7, 11) is 0. The van der Waals surface area contributed by atoms with Gasteiger partial charge in [-0.2, -0.15) is 4.98 Å². The summed E-state index contributed by atoms with van der Waals surface area (Å²) in [5, 5.41) is 6.99. The molecule has 0 amide bonds. The van der Waals surface area contributed by atoms with Gasteiger partial charge in [-0.05, 0) is 19.3 Å². The van der Waals surface area contributed by atoms with Crippen molar-refractivity contribution in [3.63, 3.8) is 0 Å². The standard InChI is InChI=1S/C20H28N4/c1-2-14-21-19-15-18(16-10-6-5-7-11-16)23-20(24-19)22-17-12-8-3-4-9-13-17/h5-7,10-11,15,17H,2-4,8-9,12-14H2,1H3,(H2,21,22,23,24). The molecule has 1 saturated carbocycles. The van der Waals surface area contributed by atoms with Gasteiger partial charge in [0.05, 0.1) is 5.69 Å². The number of aromatic nitrogens is 2. The van der Waals surface area contributed by atoms with Gasteiger partial charge in [-0.25, -0.2) is 4.98 Å². The first-order valence-electron chi connectivity index (χ1n) is 9.30. The molecule has 1 aromatic heterocycles. The van der Waals surface area contributed by atoms with E-state index in [4.69, 9.17) is 4.98 Å². The summed E-state index contributed by atoms with van der Waals surface area (Å²) in [6.45, 7) is 3.09. The molecule has 0 spiro atoms. The van der Waals surface area contributed by atoms with Gasteiger partial charge in [0.1, 0.15) is 5.82 Å². The number of benzene rings is 1. The summed E-state index contributed by atoms with van der Waals surface area (Å²) in [5.41, 5.74) is 2.10. The van der Waals surface area contributed by atoms with Crippen LogP contribution in [0.1, 0.15) is 51.9 Å². The fraction of sp³-hybridized carbons (Fsp3) is 0.500. The molecule has 0 radical (unpaired) electrons. The smallest absolute Gasteiger partial charge is 0.225 e.